The monoisotopic (exact) mass is 520 g/mol. The van der Waals surface area contributed by atoms with E-state index in [1.165, 1.54) is 0 Å². The van der Waals surface area contributed by atoms with Crippen molar-refractivity contribution in [1.82, 2.24) is 0 Å². The van der Waals surface area contributed by atoms with Crippen LogP contribution in [0.4, 0.5) is 0 Å². The van der Waals surface area contributed by atoms with Crippen LogP contribution in [-0.4, -0.2) is 76.2 Å². The van der Waals surface area contributed by atoms with Crippen molar-refractivity contribution in [3.05, 3.63) is 0 Å². The lowest BCUT2D eigenvalue weighted by Crippen LogP contribution is -2.59. The maximum atomic E-state index is 14.1. The van der Waals surface area contributed by atoms with Gasteiger partial charge in [-0.25, -0.2) is 0 Å². The Hall–Kier alpha value is -0.205. The van der Waals surface area contributed by atoms with E-state index in [1.807, 2.05) is 0 Å². The Morgan fingerprint density at radius 1 is 0.541 bits per heavy atom. The first-order valence-corrected chi connectivity index (χ1v) is 15.5. The normalized spacial score (nSPS) is 14.6. The first kappa shape index (κ1) is 36.8. The third-order valence-electron chi connectivity index (χ3n) is 7.89. The summed E-state index contributed by atoms with van der Waals surface area (Å²) in [5, 5.41) is 10.6. The highest BCUT2D eigenvalue weighted by Gasteiger charge is 2.45. The van der Waals surface area contributed by atoms with E-state index in [4.69, 9.17) is 18.6 Å². The van der Waals surface area contributed by atoms with Crippen molar-refractivity contribution in [2.45, 2.75) is 157 Å². The van der Waals surface area contributed by atoms with E-state index in [-0.39, 0.29) is 46.7 Å². The lowest BCUT2D eigenvalue weighted by molar-refractivity contribution is -0.131. The molecule has 0 saturated heterocycles. The van der Waals surface area contributed by atoms with Crippen LogP contribution < -0.4 is 0 Å². The fourth-order valence-electron chi connectivity index (χ4n) is 4.98. The van der Waals surface area contributed by atoms with Gasteiger partial charge in [0.1, 0.15) is 11.8 Å². The third kappa shape index (κ3) is 12.2. The van der Waals surface area contributed by atoms with E-state index in [2.05, 4.69) is 69.2 Å². The van der Waals surface area contributed by atoms with E-state index in [0.29, 0.717) is 0 Å². The summed E-state index contributed by atoms with van der Waals surface area (Å²) in [6.07, 6.45) is 5.38. The smallest absolute Gasteiger partial charge is 0.293 e. The lowest BCUT2D eigenvalue weighted by atomic mass is 9.41. The second kappa shape index (κ2) is 21.6. The zero-order valence-corrected chi connectivity index (χ0v) is 26.0. The summed E-state index contributed by atoms with van der Waals surface area (Å²) in [4.78, 5) is 14.1. The van der Waals surface area contributed by atoms with Crippen molar-refractivity contribution in [2.24, 2.45) is 0 Å². The maximum Gasteiger partial charge on any atom is 0.293 e. The van der Waals surface area contributed by atoms with Crippen molar-refractivity contribution < 1.29 is 28.5 Å². The first-order valence-electron chi connectivity index (χ1n) is 15.5. The number of hydrogen-bond acceptors (Lipinski definition) is 6. The van der Waals surface area contributed by atoms with Crippen LogP contribution in [0.3, 0.4) is 0 Å². The number of carbonyl (C=O) groups is 1. The molecule has 0 aliphatic heterocycles. The van der Waals surface area contributed by atoms with Gasteiger partial charge in [0.05, 0.1) is 24.9 Å². The molecule has 0 saturated carbocycles. The molecule has 0 bridgehead atoms. The molecule has 0 rings (SSSR count). The summed E-state index contributed by atoms with van der Waals surface area (Å²) in [5.74, 6) is 0. The summed E-state index contributed by atoms with van der Waals surface area (Å²) >= 11 is 0. The second-order valence-corrected chi connectivity index (χ2v) is 10.3. The molecule has 0 amide bonds. The van der Waals surface area contributed by atoms with E-state index >= 15 is 0 Å². The lowest BCUT2D eigenvalue weighted by Gasteiger charge is -2.42. The van der Waals surface area contributed by atoms with Crippen LogP contribution in [-0.2, 0) is 23.4 Å². The molecule has 0 spiro atoms. The number of rotatable bonds is 24. The molecular formula is C26H57B5O6. The molecule has 212 valence electrons. The van der Waals surface area contributed by atoms with Gasteiger partial charge in [0.2, 0.25) is 6.71 Å². The molecule has 1 N–H and O–H groups in total. The summed E-state index contributed by atoms with van der Waals surface area (Å²) in [6, 6.07) is 0. The molecule has 0 aromatic heterocycles. The highest BCUT2D eigenvalue weighted by molar-refractivity contribution is 6.90. The van der Waals surface area contributed by atoms with Crippen LogP contribution in [0.15, 0.2) is 0 Å². The van der Waals surface area contributed by atoms with Gasteiger partial charge in [-0.1, -0.05) is 132 Å². The van der Waals surface area contributed by atoms with Gasteiger partial charge in [0.15, 0.2) is 0 Å². The minimum Gasteiger partial charge on any atom is -0.428 e. The molecule has 37 heavy (non-hydrogen) atoms. The zero-order valence-electron chi connectivity index (χ0n) is 26.0. The molecule has 0 fully saturated rings. The van der Waals surface area contributed by atoms with Crippen molar-refractivity contribution in [2.75, 3.05) is 6.61 Å². The van der Waals surface area contributed by atoms with Gasteiger partial charge in [0.25, 0.3) is 27.7 Å². The van der Waals surface area contributed by atoms with E-state index in [1.54, 1.807) is 0 Å². The second-order valence-electron chi connectivity index (χ2n) is 10.3. The minimum absolute atomic E-state index is 0.00751. The van der Waals surface area contributed by atoms with Crippen LogP contribution in [0, 0.1) is 0 Å². The van der Waals surface area contributed by atoms with Crippen LogP contribution in [0.1, 0.15) is 69.2 Å². The molecule has 0 aromatic carbocycles. The van der Waals surface area contributed by atoms with Gasteiger partial charge in [-0.2, -0.15) is 0 Å². The van der Waals surface area contributed by atoms with Gasteiger partial charge >= 0.3 is 0 Å². The average molecular weight is 520 g/mol. The molecule has 0 aliphatic carbocycles. The van der Waals surface area contributed by atoms with Crippen LogP contribution >= 0.6 is 0 Å². The highest BCUT2D eigenvalue weighted by Crippen LogP contribution is 2.27. The SMILES string of the molecule is CCB(CC)O[C@@H]([C@H](OB(CC)CC)[C@@H](OB(CC)CC)C(=O)B(CC)CC)[C@@H](CO)OB(CC)CC. The van der Waals surface area contributed by atoms with Crippen LogP contribution in [0.25, 0.3) is 0 Å². The Morgan fingerprint density at radius 2 is 0.892 bits per heavy atom. The van der Waals surface area contributed by atoms with Crippen molar-refractivity contribution in [3.8, 4) is 0 Å². The van der Waals surface area contributed by atoms with Crippen molar-refractivity contribution in [1.29, 1.82) is 0 Å². The first-order chi connectivity index (χ1) is 17.8. The Balaban J connectivity index is 6.90. The molecule has 0 radical (unpaired) electrons. The fraction of sp³-hybridized carbons (Fsp3) is 0.962. The number of aliphatic hydroxyl groups excluding tert-OH is 1. The largest absolute Gasteiger partial charge is 0.428 e. The van der Waals surface area contributed by atoms with Crippen molar-refractivity contribution >= 4 is 40.1 Å². The Kier molecular flexibility index (Phi) is 21.5. The molecular weight excluding hydrogens is 462 g/mol. The minimum atomic E-state index is -0.783. The Morgan fingerprint density at radius 3 is 1.24 bits per heavy atom. The number of hydrogen-bond donors (Lipinski definition) is 1. The predicted octanol–water partition coefficient (Wildman–Crippen LogP) is 6.29. The van der Waals surface area contributed by atoms with Crippen molar-refractivity contribution in [3.63, 3.8) is 0 Å². The van der Waals surface area contributed by atoms with Crippen LogP contribution in [0.2, 0.25) is 63.2 Å². The molecule has 0 unspecified atom stereocenters. The summed E-state index contributed by atoms with van der Waals surface area (Å²) in [5.41, 5.74) is 0.0743. The summed E-state index contributed by atoms with van der Waals surface area (Å²) in [7, 11) is 0. The van der Waals surface area contributed by atoms with E-state index in [0.717, 1.165) is 63.2 Å². The Labute approximate surface area is 232 Å². The van der Waals surface area contributed by atoms with Gasteiger partial charge in [-0.15, -0.1) is 0 Å². The highest BCUT2D eigenvalue weighted by atomic mass is 16.6. The van der Waals surface area contributed by atoms with Crippen LogP contribution in [0.5, 0.6) is 0 Å². The molecule has 0 heterocycles. The third-order valence-corrected chi connectivity index (χ3v) is 7.89. The zero-order chi connectivity index (χ0) is 28.4. The molecule has 6 nitrogen and oxygen atoms in total. The topological polar surface area (TPSA) is 74.2 Å². The quantitative estimate of drug-likeness (QED) is 0.151. The maximum absolute atomic E-state index is 14.1. The summed E-state index contributed by atoms with van der Waals surface area (Å²) in [6.45, 7) is 20.4. The molecule has 4 atom stereocenters. The molecule has 11 heteroatoms. The fourth-order valence-corrected chi connectivity index (χ4v) is 4.98. The van der Waals surface area contributed by atoms with Gasteiger partial charge in [0, 0.05) is 0 Å². The van der Waals surface area contributed by atoms with Gasteiger partial charge in [-0.05, 0) is 0 Å². The summed E-state index contributed by atoms with van der Waals surface area (Å²) < 4.78 is 26.6. The van der Waals surface area contributed by atoms with Gasteiger partial charge in [-0.3, -0.25) is 0 Å². The van der Waals surface area contributed by atoms with E-state index < -0.39 is 24.4 Å². The standard InChI is InChI=1S/C26H57B5O6/c1-11-27(12-2)26(33)25(37-31(19-9)20-10)24(36-30(17-7)18-8)23(35-29(15-5)16-6)22(21-32)34-28(13-3)14-4/h22-25,32H,11-21H2,1-10H3/t22-,23-,24+,25-/m1/s1. The number of aliphatic hydroxyl groups is 1. The Bertz CT molecular complexity index is 556. The average Bonchev–Trinajstić information content (AvgIpc) is 2.93. The number of carbonyl (C=O) groups excluding carboxylic acids is 1. The van der Waals surface area contributed by atoms with Gasteiger partial charge < -0.3 is 28.5 Å². The molecule has 0 aromatic rings. The molecule has 0 aliphatic rings. The predicted molar refractivity (Wildman–Crippen MR) is 165 cm³/mol. The van der Waals surface area contributed by atoms with E-state index in [9.17, 15) is 9.90 Å².